The molecule has 4 heteroatoms. The minimum atomic E-state index is -0.0145. The maximum Gasteiger partial charge on any atom is 0.252 e. The highest BCUT2D eigenvalue weighted by Crippen LogP contribution is 2.44. The van der Waals surface area contributed by atoms with Crippen LogP contribution in [0.1, 0.15) is 36.0 Å². The quantitative estimate of drug-likeness (QED) is 0.873. The summed E-state index contributed by atoms with van der Waals surface area (Å²) in [5.74, 6) is 1.36. The molecule has 0 bridgehead atoms. The van der Waals surface area contributed by atoms with Crippen molar-refractivity contribution >= 4 is 28.4 Å². The Morgan fingerprint density at radius 2 is 1.86 bits per heavy atom. The predicted molar refractivity (Wildman–Crippen MR) is 83.5 cm³/mol. The van der Waals surface area contributed by atoms with E-state index in [9.17, 15) is 4.79 Å². The van der Waals surface area contributed by atoms with Crippen LogP contribution in [0.5, 0.6) is 0 Å². The topological polar surface area (TPSA) is 42.0 Å². The first-order valence-corrected chi connectivity index (χ1v) is 7.96. The number of aromatic nitrogens is 1. The maximum atomic E-state index is 12.7. The lowest BCUT2D eigenvalue weighted by Gasteiger charge is -2.18. The second-order valence-electron chi connectivity index (χ2n) is 6.18. The molecule has 21 heavy (non-hydrogen) atoms. The number of rotatable bonds is 4. The third-order valence-electron chi connectivity index (χ3n) is 4.49. The lowest BCUT2D eigenvalue weighted by molar-refractivity contribution is 0.0928. The third kappa shape index (κ3) is 2.62. The minimum absolute atomic E-state index is 0.0145. The molecule has 0 aliphatic heterocycles. The van der Waals surface area contributed by atoms with Gasteiger partial charge in [0.05, 0.1) is 11.1 Å². The van der Waals surface area contributed by atoms with Crippen molar-refractivity contribution in [2.45, 2.75) is 31.7 Å². The van der Waals surface area contributed by atoms with Crippen LogP contribution in [0, 0.1) is 11.8 Å². The zero-order valence-electron chi connectivity index (χ0n) is 11.7. The number of nitrogens with zero attached hydrogens (tertiary/aromatic N) is 1. The van der Waals surface area contributed by atoms with Crippen LogP contribution in [-0.4, -0.2) is 16.9 Å². The van der Waals surface area contributed by atoms with Gasteiger partial charge in [-0.15, -0.1) is 0 Å². The minimum Gasteiger partial charge on any atom is -0.349 e. The molecule has 1 aromatic carbocycles. The van der Waals surface area contributed by atoms with Gasteiger partial charge in [-0.1, -0.05) is 29.8 Å². The molecule has 1 heterocycles. The highest BCUT2D eigenvalue weighted by molar-refractivity contribution is 6.30. The molecule has 0 atom stereocenters. The number of benzene rings is 1. The van der Waals surface area contributed by atoms with Crippen LogP contribution in [0.2, 0.25) is 5.15 Å². The summed E-state index contributed by atoms with van der Waals surface area (Å²) in [5, 5.41) is 4.49. The number of amides is 1. The number of carbonyl (C=O) groups is 1. The Hall–Kier alpha value is -1.61. The molecular weight excluding hydrogens is 284 g/mol. The SMILES string of the molecule is O=C(NC(C1CC1)C1CC1)c1cc(Cl)nc2ccccc12. The van der Waals surface area contributed by atoms with E-state index in [1.165, 1.54) is 25.7 Å². The second-order valence-corrected chi connectivity index (χ2v) is 6.57. The zero-order valence-corrected chi connectivity index (χ0v) is 12.4. The predicted octanol–water partition coefficient (Wildman–Crippen LogP) is 3.81. The number of para-hydroxylation sites is 1. The van der Waals surface area contributed by atoms with Gasteiger partial charge >= 0.3 is 0 Å². The lowest BCUT2D eigenvalue weighted by Crippen LogP contribution is -2.38. The van der Waals surface area contributed by atoms with Crippen LogP contribution in [0.25, 0.3) is 10.9 Å². The fourth-order valence-electron chi connectivity index (χ4n) is 3.09. The Kier molecular flexibility index (Phi) is 3.11. The molecule has 0 saturated heterocycles. The molecule has 108 valence electrons. The van der Waals surface area contributed by atoms with E-state index in [1.54, 1.807) is 6.07 Å². The molecule has 2 saturated carbocycles. The van der Waals surface area contributed by atoms with Crippen LogP contribution in [0.3, 0.4) is 0 Å². The average molecular weight is 301 g/mol. The highest BCUT2D eigenvalue weighted by atomic mass is 35.5. The van der Waals surface area contributed by atoms with Gasteiger partial charge in [-0.25, -0.2) is 4.98 Å². The Balaban J connectivity index is 1.67. The Morgan fingerprint density at radius 1 is 1.19 bits per heavy atom. The first-order valence-electron chi connectivity index (χ1n) is 7.58. The number of carbonyl (C=O) groups excluding carboxylic acids is 1. The maximum absolute atomic E-state index is 12.7. The number of hydrogen-bond acceptors (Lipinski definition) is 2. The van der Waals surface area contributed by atoms with Crippen LogP contribution in [0.4, 0.5) is 0 Å². The summed E-state index contributed by atoms with van der Waals surface area (Å²) in [6, 6.07) is 9.67. The Labute approximate surface area is 128 Å². The van der Waals surface area contributed by atoms with Gasteiger partial charge in [-0.05, 0) is 49.7 Å². The van der Waals surface area contributed by atoms with Crippen molar-refractivity contribution in [3.05, 3.63) is 41.0 Å². The smallest absolute Gasteiger partial charge is 0.252 e. The van der Waals surface area contributed by atoms with Gasteiger partial charge in [0.2, 0.25) is 0 Å². The standard InChI is InChI=1S/C17H17ClN2O/c18-15-9-13(12-3-1-2-4-14(12)19-15)17(21)20-16(10-5-6-10)11-7-8-11/h1-4,9-11,16H,5-8H2,(H,20,21). The highest BCUT2D eigenvalue weighted by Gasteiger charge is 2.42. The average Bonchev–Trinajstić information content (AvgIpc) is 3.37. The first kappa shape index (κ1) is 13.1. The summed E-state index contributed by atoms with van der Waals surface area (Å²) in [6.07, 6.45) is 5.00. The second kappa shape index (κ2) is 4.99. The first-order chi connectivity index (χ1) is 10.2. The molecular formula is C17H17ClN2O. The zero-order chi connectivity index (χ0) is 14.4. The molecule has 4 rings (SSSR count). The molecule has 2 aliphatic carbocycles. The van der Waals surface area contributed by atoms with Crippen LogP contribution >= 0.6 is 11.6 Å². The number of fused-ring (bicyclic) bond motifs is 1. The summed E-state index contributed by atoms with van der Waals surface area (Å²) in [7, 11) is 0. The number of hydrogen-bond donors (Lipinski definition) is 1. The normalized spacial score (nSPS) is 18.2. The van der Waals surface area contributed by atoms with E-state index < -0.39 is 0 Å². The van der Waals surface area contributed by atoms with Gasteiger partial charge in [-0.3, -0.25) is 4.79 Å². The molecule has 2 aliphatic rings. The van der Waals surface area contributed by atoms with Gasteiger partial charge in [0, 0.05) is 11.4 Å². The largest absolute Gasteiger partial charge is 0.349 e. The molecule has 2 aromatic rings. The molecule has 2 fully saturated rings. The van der Waals surface area contributed by atoms with E-state index in [0.717, 1.165) is 10.9 Å². The molecule has 0 unspecified atom stereocenters. The van der Waals surface area contributed by atoms with Crippen LogP contribution in [0.15, 0.2) is 30.3 Å². The molecule has 0 spiro atoms. The number of pyridine rings is 1. The van der Waals surface area contributed by atoms with Gasteiger partial charge < -0.3 is 5.32 Å². The van der Waals surface area contributed by atoms with E-state index >= 15 is 0 Å². The third-order valence-corrected chi connectivity index (χ3v) is 4.68. The van der Waals surface area contributed by atoms with E-state index in [-0.39, 0.29) is 5.91 Å². The van der Waals surface area contributed by atoms with Crippen molar-refractivity contribution in [3.63, 3.8) is 0 Å². The van der Waals surface area contributed by atoms with E-state index in [2.05, 4.69) is 10.3 Å². The summed E-state index contributed by atoms with van der Waals surface area (Å²) in [6.45, 7) is 0. The van der Waals surface area contributed by atoms with Crippen molar-refractivity contribution in [1.82, 2.24) is 10.3 Å². The molecule has 1 aromatic heterocycles. The summed E-state index contributed by atoms with van der Waals surface area (Å²) in [4.78, 5) is 17.0. The van der Waals surface area contributed by atoms with Crippen molar-refractivity contribution in [1.29, 1.82) is 0 Å². The molecule has 1 amide bonds. The molecule has 1 N–H and O–H groups in total. The van der Waals surface area contributed by atoms with E-state index in [4.69, 9.17) is 11.6 Å². The van der Waals surface area contributed by atoms with Crippen molar-refractivity contribution < 1.29 is 4.79 Å². The lowest BCUT2D eigenvalue weighted by atomic mass is 10.0. The van der Waals surface area contributed by atoms with E-state index in [0.29, 0.717) is 28.6 Å². The fraction of sp³-hybridized carbons (Fsp3) is 0.412. The van der Waals surface area contributed by atoms with Gasteiger partial charge in [0.25, 0.3) is 5.91 Å². The number of halogens is 1. The monoisotopic (exact) mass is 300 g/mol. The van der Waals surface area contributed by atoms with Crippen molar-refractivity contribution in [2.75, 3.05) is 0 Å². The van der Waals surface area contributed by atoms with Crippen molar-refractivity contribution in [3.8, 4) is 0 Å². The van der Waals surface area contributed by atoms with Crippen molar-refractivity contribution in [2.24, 2.45) is 11.8 Å². The molecule has 0 radical (unpaired) electrons. The van der Waals surface area contributed by atoms with Crippen LogP contribution in [-0.2, 0) is 0 Å². The van der Waals surface area contributed by atoms with Gasteiger partial charge in [0.1, 0.15) is 5.15 Å². The summed E-state index contributed by atoms with van der Waals surface area (Å²) >= 11 is 6.06. The fourth-order valence-corrected chi connectivity index (χ4v) is 3.29. The van der Waals surface area contributed by atoms with Crippen LogP contribution < -0.4 is 5.32 Å². The van der Waals surface area contributed by atoms with Gasteiger partial charge in [0.15, 0.2) is 0 Å². The summed E-state index contributed by atoms with van der Waals surface area (Å²) in [5.41, 5.74) is 1.40. The van der Waals surface area contributed by atoms with E-state index in [1.807, 2.05) is 24.3 Å². The Bertz CT molecular complexity index is 695. The summed E-state index contributed by atoms with van der Waals surface area (Å²) < 4.78 is 0. The Morgan fingerprint density at radius 3 is 2.52 bits per heavy atom. The van der Waals surface area contributed by atoms with Gasteiger partial charge in [-0.2, -0.15) is 0 Å². The number of nitrogens with one attached hydrogen (secondary N) is 1. The molecule has 3 nitrogen and oxygen atoms in total.